The van der Waals surface area contributed by atoms with Crippen LogP contribution in [-0.4, -0.2) is 37.5 Å². The van der Waals surface area contributed by atoms with Crippen molar-refractivity contribution in [3.05, 3.63) is 0 Å². The summed E-state index contributed by atoms with van der Waals surface area (Å²) in [5, 5.41) is 12.7. The number of methoxy groups -OCH3 is 1. The van der Waals surface area contributed by atoms with Crippen LogP contribution in [0.3, 0.4) is 0 Å². The van der Waals surface area contributed by atoms with Gasteiger partial charge in [0.25, 0.3) is 0 Å². The molecule has 0 aromatic heterocycles. The van der Waals surface area contributed by atoms with E-state index in [9.17, 15) is 5.11 Å². The molecule has 1 fully saturated rings. The monoisotopic (exact) mass is 229 g/mol. The first kappa shape index (κ1) is 13.9. The Bertz CT molecular complexity index is 194. The third-order valence-electron chi connectivity index (χ3n) is 3.64. The molecule has 1 aliphatic rings. The van der Waals surface area contributed by atoms with E-state index in [0.29, 0.717) is 18.1 Å². The molecule has 0 heterocycles. The highest BCUT2D eigenvalue weighted by molar-refractivity contribution is 4.81. The minimum Gasteiger partial charge on any atom is -0.395 e. The van der Waals surface area contributed by atoms with Crippen LogP contribution in [0.15, 0.2) is 0 Å². The van der Waals surface area contributed by atoms with E-state index in [2.05, 4.69) is 19.2 Å². The van der Waals surface area contributed by atoms with Crippen LogP contribution in [-0.2, 0) is 4.74 Å². The van der Waals surface area contributed by atoms with Crippen molar-refractivity contribution in [3.8, 4) is 0 Å². The van der Waals surface area contributed by atoms with E-state index in [1.54, 1.807) is 7.11 Å². The molecule has 0 radical (unpaired) electrons. The Morgan fingerprint density at radius 1 is 1.38 bits per heavy atom. The molecule has 2 N–H and O–H groups in total. The van der Waals surface area contributed by atoms with Gasteiger partial charge in [-0.05, 0) is 31.1 Å². The fraction of sp³-hybridized carbons (Fsp3) is 1.00. The smallest absolute Gasteiger partial charge is 0.0638 e. The van der Waals surface area contributed by atoms with E-state index in [1.807, 2.05) is 0 Å². The Morgan fingerprint density at radius 2 is 2.12 bits per heavy atom. The van der Waals surface area contributed by atoms with Crippen LogP contribution >= 0.6 is 0 Å². The summed E-state index contributed by atoms with van der Waals surface area (Å²) in [6, 6.07) is 0.644. The number of aliphatic hydroxyl groups excluding tert-OH is 1. The Balaban J connectivity index is 2.36. The van der Waals surface area contributed by atoms with Gasteiger partial charge in [-0.15, -0.1) is 0 Å². The highest BCUT2D eigenvalue weighted by Gasteiger charge is 2.25. The molecular formula is C13H27NO2. The van der Waals surface area contributed by atoms with Gasteiger partial charge in [0.15, 0.2) is 0 Å². The Labute approximate surface area is 99.6 Å². The van der Waals surface area contributed by atoms with Gasteiger partial charge < -0.3 is 15.2 Å². The summed E-state index contributed by atoms with van der Waals surface area (Å²) in [7, 11) is 1.68. The molecule has 1 rings (SSSR count). The Kier molecular flexibility index (Phi) is 5.73. The van der Waals surface area contributed by atoms with E-state index in [0.717, 1.165) is 0 Å². The van der Waals surface area contributed by atoms with Gasteiger partial charge in [0.1, 0.15) is 0 Å². The molecule has 1 saturated carbocycles. The second-order valence-electron chi connectivity index (χ2n) is 5.79. The zero-order valence-corrected chi connectivity index (χ0v) is 11.0. The van der Waals surface area contributed by atoms with Gasteiger partial charge in [0.2, 0.25) is 0 Å². The van der Waals surface area contributed by atoms with Gasteiger partial charge in [-0.25, -0.2) is 0 Å². The lowest BCUT2D eigenvalue weighted by molar-refractivity contribution is 0.120. The second kappa shape index (κ2) is 6.58. The summed E-state index contributed by atoms with van der Waals surface area (Å²) < 4.78 is 5.09. The maximum atomic E-state index is 9.22. The van der Waals surface area contributed by atoms with Crippen molar-refractivity contribution in [2.24, 2.45) is 5.41 Å². The second-order valence-corrected chi connectivity index (χ2v) is 5.79. The summed E-state index contributed by atoms with van der Waals surface area (Å²) in [6.45, 7) is 5.46. The normalized spacial score (nSPS) is 27.4. The third-order valence-corrected chi connectivity index (χ3v) is 3.64. The van der Waals surface area contributed by atoms with Crippen LogP contribution in [0.5, 0.6) is 0 Å². The lowest BCUT2D eigenvalue weighted by Gasteiger charge is -2.24. The third kappa shape index (κ3) is 4.81. The lowest BCUT2D eigenvalue weighted by Crippen LogP contribution is -2.43. The van der Waals surface area contributed by atoms with Gasteiger partial charge in [-0.1, -0.05) is 20.3 Å². The van der Waals surface area contributed by atoms with Crippen molar-refractivity contribution in [1.82, 2.24) is 5.32 Å². The van der Waals surface area contributed by atoms with Gasteiger partial charge >= 0.3 is 0 Å². The SMILES string of the molecule is COCC(CO)NC1CCCC(C)(C)CC1. The molecule has 3 nitrogen and oxygen atoms in total. The molecule has 2 unspecified atom stereocenters. The van der Waals surface area contributed by atoms with E-state index in [4.69, 9.17) is 4.74 Å². The summed E-state index contributed by atoms with van der Waals surface area (Å²) in [4.78, 5) is 0. The van der Waals surface area contributed by atoms with Crippen LogP contribution in [0.1, 0.15) is 46.0 Å². The van der Waals surface area contributed by atoms with Gasteiger partial charge in [0, 0.05) is 13.2 Å². The zero-order valence-electron chi connectivity index (χ0n) is 11.0. The number of nitrogens with one attached hydrogen (secondary N) is 1. The van der Waals surface area contributed by atoms with Crippen LogP contribution in [0.25, 0.3) is 0 Å². The van der Waals surface area contributed by atoms with E-state index in [-0.39, 0.29) is 12.6 Å². The van der Waals surface area contributed by atoms with Crippen molar-refractivity contribution in [1.29, 1.82) is 0 Å². The highest BCUT2D eigenvalue weighted by atomic mass is 16.5. The van der Waals surface area contributed by atoms with E-state index in [1.165, 1.54) is 32.1 Å². The van der Waals surface area contributed by atoms with Gasteiger partial charge in [-0.2, -0.15) is 0 Å². The number of ether oxygens (including phenoxy) is 1. The van der Waals surface area contributed by atoms with E-state index >= 15 is 0 Å². The largest absolute Gasteiger partial charge is 0.395 e. The van der Waals surface area contributed by atoms with Crippen molar-refractivity contribution in [2.45, 2.75) is 58.0 Å². The van der Waals surface area contributed by atoms with Crippen molar-refractivity contribution in [3.63, 3.8) is 0 Å². The Morgan fingerprint density at radius 3 is 2.75 bits per heavy atom. The molecular weight excluding hydrogens is 202 g/mol. The molecule has 0 spiro atoms. The molecule has 0 aliphatic heterocycles. The molecule has 3 heteroatoms. The van der Waals surface area contributed by atoms with Crippen molar-refractivity contribution >= 4 is 0 Å². The molecule has 2 atom stereocenters. The number of hydrogen-bond donors (Lipinski definition) is 2. The standard InChI is InChI=1S/C13H27NO2/c1-13(2)7-4-5-11(6-8-13)14-12(9-15)10-16-3/h11-12,14-15H,4-10H2,1-3H3. The van der Waals surface area contributed by atoms with Crippen LogP contribution in [0, 0.1) is 5.41 Å². The first-order chi connectivity index (χ1) is 7.57. The summed E-state index contributed by atoms with van der Waals surface area (Å²) in [6.07, 6.45) is 6.32. The predicted octanol–water partition coefficient (Wildman–Crippen LogP) is 1.94. The fourth-order valence-corrected chi connectivity index (χ4v) is 2.52. The maximum Gasteiger partial charge on any atom is 0.0638 e. The first-order valence-electron chi connectivity index (χ1n) is 6.43. The average Bonchev–Trinajstić information content (AvgIpc) is 2.40. The minimum atomic E-state index is 0.0937. The van der Waals surface area contributed by atoms with Crippen molar-refractivity contribution < 1.29 is 9.84 Å². The maximum absolute atomic E-state index is 9.22. The molecule has 0 saturated heterocycles. The van der Waals surface area contributed by atoms with Gasteiger partial charge in [0.05, 0.1) is 19.3 Å². The number of rotatable bonds is 5. The number of hydrogen-bond acceptors (Lipinski definition) is 3. The zero-order chi connectivity index (χ0) is 12.0. The predicted molar refractivity (Wildman–Crippen MR) is 66.5 cm³/mol. The molecule has 0 bridgehead atoms. The van der Waals surface area contributed by atoms with E-state index < -0.39 is 0 Å². The highest BCUT2D eigenvalue weighted by Crippen LogP contribution is 2.33. The molecule has 0 aromatic rings. The van der Waals surface area contributed by atoms with Crippen LogP contribution in [0.4, 0.5) is 0 Å². The number of aliphatic hydroxyl groups is 1. The average molecular weight is 229 g/mol. The Hall–Kier alpha value is -0.120. The van der Waals surface area contributed by atoms with Crippen LogP contribution < -0.4 is 5.32 Å². The molecule has 0 aromatic carbocycles. The summed E-state index contributed by atoms with van der Waals surface area (Å²) in [5.41, 5.74) is 0.492. The summed E-state index contributed by atoms with van der Waals surface area (Å²) >= 11 is 0. The minimum absolute atomic E-state index is 0.0937. The quantitative estimate of drug-likeness (QED) is 0.708. The molecule has 96 valence electrons. The molecule has 1 aliphatic carbocycles. The van der Waals surface area contributed by atoms with Crippen molar-refractivity contribution in [2.75, 3.05) is 20.3 Å². The topological polar surface area (TPSA) is 41.5 Å². The molecule has 16 heavy (non-hydrogen) atoms. The molecule has 0 amide bonds. The van der Waals surface area contributed by atoms with Crippen LogP contribution in [0.2, 0.25) is 0 Å². The fourth-order valence-electron chi connectivity index (χ4n) is 2.52. The van der Waals surface area contributed by atoms with Gasteiger partial charge in [-0.3, -0.25) is 0 Å². The lowest BCUT2D eigenvalue weighted by atomic mass is 9.85. The summed E-state index contributed by atoms with van der Waals surface area (Å²) in [5.74, 6) is 0. The first-order valence-corrected chi connectivity index (χ1v) is 6.43.